The Kier molecular flexibility index (Phi) is 4.73. The highest BCUT2D eigenvalue weighted by Crippen LogP contribution is 2.29. The first-order valence-corrected chi connectivity index (χ1v) is 8.52. The molecule has 1 aromatic heterocycles. The van der Waals surface area contributed by atoms with Crippen molar-refractivity contribution in [1.29, 1.82) is 0 Å². The summed E-state index contributed by atoms with van der Waals surface area (Å²) in [5, 5.41) is 10.4. The molecule has 0 aliphatic heterocycles. The van der Waals surface area contributed by atoms with Gasteiger partial charge < -0.3 is 10.0 Å². The number of nitrogens with zero attached hydrogens (tertiary/aromatic N) is 2. The van der Waals surface area contributed by atoms with E-state index in [0.29, 0.717) is 22.0 Å². The molecule has 0 saturated heterocycles. The molecule has 1 aliphatic rings. The highest BCUT2D eigenvalue weighted by Gasteiger charge is 2.28. The maximum absolute atomic E-state index is 13.8. The fourth-order valence-corrected chi connectivity index (χ4v) is 3.92. The molecule has 1 aliphatic carbocycles. The van der Waals surface area contributed by atoms with Gasteiger partial charge in [-0.15, -0.1) is 11.3 Å². The molecular weight excluding hydrogens is 315 g/mol. The van der Waals surface area contributed by atoms with Crippen LogP contribution in [0.15, 0.2) is 30.5 Å². The monoisotopic (exact) mass is 334 g/mol. The number of halogens is 1. The number of thiazole rings is 1. The lowest BCUT2D eigenvalue weighted by atomic mass is 10.1. The molecule has 0 spiro atoms. The van der Waals surface area contributed by atoms with Gasteiger partial charge in [-0.3, -0.25) is 4.79 Å². The van der Waals surface area contributed by atoms with Crippen LogP contribution in [0.2, 0.25) is 0 Å². The van der Waals surface area contributed by atoms with E-state index in [0.717, 1.165) is 19.3 Å². The number of amides is 1. The Morgan fingerprint density at radius 3 is 2.91 bits per heavy atom. The van der Waals surface area contributed by atoms with Crippen molar-refractivity contribution in [2.75, 3.05) is 13.6 Å². The van der Waals surface area contributed by atoms with E-state index >= 15 is 0 Å². The van der Waals surface area contributed by atoms with Crippen molar-refractivity contribution in [3.8, 4) is 10.6 Å². The van der Waals surface area contributed by atoms with E-state index in [2.05, 4.69) is 4.98 Å². The third kappa shape index (κ3) is 3.43. The molecule has 1 saturated carbocycles. The summed E-state index contributed by atoms with van der Waals surface area (Å²) in [6.45, 7) is 0.535. The zero-order valence-electron chi connectivity index (χ0n) is 12.9. The molecule has 1 N–H and O–H groups in total. The molecule has 0 radical (unpaired) electrons. The predicted molar refractivity (Wildman–Crippen MR) is 87.8 cm³/mol. The summed E-state index contributed by atoms with van der Waals surface area (Å²) in [5.74, 6) is -0.338. The minimum Gasteiger partial charge on any atom is -0.393 e. The molecule has 0 bridgehead atoms. The van der Waals surface area contributed by atoms with Crippen LogP contribution in [0.5, 0.6) is 0 Å². The van der Waals surface area contributed by atoms with Crippen LogP contribution >= 0.6 is 11.3 Å². The number of hydrogen-bond donors (Lipinski definition) is 1. The van der Waals surface area contributed by atoms with E-state index in [-0.39, 0.29) is 23.7 Å². The quantitative estimate of drug-likeness (QED) is 0.934. The summed E-state index contributed by atoms with van der Waals surface area (Å²) in [5.41, 5.74) is 0.408. The van der Waals surface area contributed by atoms with Gasteiger partial charge in [0.1, 0.15) is 15.7 Å². The third-order valence-corrected chi connectivity index (χ3v) is 5.31. The molecule has 1 heterocycles. The molecular formula is C17H19FN2O2S. The lowest BCUT2D eigenvalue weighted by Gasteiger charge is -2.22. The van der Waals surface area contributed by atoms with Gasteiger partial charge in [0.2, 0.25) is 0 Å². The van der Waals surface area contributed by atoms with Gasteiger partial charge in [-0.2, -0.15) is 0 Å². The Hall–Kier alpha value is -1.79. The molecule has 1 aromatic carbocycles. The number of rotatable bonds is 4. The summed E-state index contributed by atoms with van der Waals surface area (Å²) in [4.78, 5) is 18.8. The van der Waals surface area contributed by atoms with Crippen LogP contribution in [0, 0.1) is 11.7 Å². The topological polar surface area (TPSA) is 53.4 Å². The van der Waals surface area contributed by atoms with E-state index in [1.165, 1.54) is 23.6 Å². The van der Waals surface area contributed by atoms with E-state index < -0.39 is 0 Å². The summed E-state index contributed by atoms with van der Waals surface area (Å²) in [6, 6.07) is 6.40. The standard InChI is InChI=1S/C17H19FN2O2S/c1-20(10-11-5-4-8-14(11)21)17(22)15-9-19-16(23-15)12-6-2-3-7-13(12)18/h2-3,6-7,9,11,14,21H,4-5,8,10H2,1H3. The first-order chi connectivity index (χ1) is 11.1. The number of carbonyl (C=O) groups is 1. The van der Waals surface area contributed by atoms with Gasteiger partial charge in [-0.1, -0.05) is 18.6 Å². The average Bonchev–Trinajstić information content (AvgIpc) is 3.17. The average molecular weight is 334 g/mol. The van der Waals surface area contributed by atoms with E-state index in [1.807, 2.05) is 0 Å². The van der Waals surface area contributed by atoms with Crippen molar-refractivity contribution in [3.05, 3.63) is 41.2 Å². The van der Waals surface area contributed by atoms with E-state index in [4.69, 9.17) is 0 Å². The second-order valence-corrected chi connectivity index (χ2v) is 6.98. The first-order valence-electron chi connectivity index (χ1n) is 7.70. The molecule has 2 unspecified atom stereocenters. The zero-order chi connectivity index (χ0) is 16.4. The summed E-state index contributed by atoms with van der Waals surface area (Å²) >= 11 is 1.19. The van der Waals surface area contributed by atoms with Crippen molar-refractivity contribution in [3.63, 3.8) is 0 Å². The molecule has 3 rings (SSSR count). The fraction of sp³-hybridized carbons (Fsp3) is 0.412. The fourth-order valence-electron chi connectivity index (χ4n) is 2.99. The smallest absolute Gasteiger partial charge is 0.265 e. The lowest BCUT2D eigenvalue weighted by Crippen LogP contribution is -2.34. The molecule has 2 atom stereocenters. The van der Waals surface area contributed by atoms with E-state index in [9.17, 15) is 14.3 Å². The van der Waals surface area contributed by atoms with Gasteiger partial charge in [-0.25, -0.2) is 9.37 Å². The van der Waals surface area contributed by atoms with Crippen molar-refractivity contribution in [1.82, 2.24) is 9.88 Å². The number of hydrogen-bond acceptors (Lipinski definition) is 4. The number of benzene rings is 1. The largest absolute Gasteiger partial charge is 0.393 e. The van der Waals surface area contributed by atoms with Crippen LogP contribution in [-0.2, 0) is 0 Å². The molecule has 1 amide bonds. The molecule has 1 fully saturated rings. The maximum Gasteiger partial charge on any atom is 0.265 e. The van der Waals surface area contributed by atoms with Gasteiger partial charge in [0.05, 0.1) is 12.3 Å². The van der Waals surface area contributed by atoms with E-state index in [1.54, 1.807) is 30.1 Å². The van der Waals surface area contributed by atoms with Crippen molar-refractivity contribution in [2.45, 2.75) is 25.4 Å². The number of aromatic nitrogens is 1. The second kappa shape index (κ2) is 6.76. The van der Waals surface area contributed by atoms with Crippen LogP contribution in [0.25, 0.3) is 10.6 Å². The first kappa shape index (κ1) is 16.1. The van der Waals surface area contributed by atoms with Crippen LogP contribution in [0.3, 0.4) is 0 Å². The molecule has 23 heavy (non-hydrogen) atoms. The van der Waals surface area contributed by atoms with Gasteiger partial charge in [0.25, 0.3) is 5.91 Å². The minimum absolute atomic E-state index is 0.135. The second-order valence-electron chi connectivity index (χ2n) is 5.95. The molecule has 6 heteroatoms. The summed E-state index contributed by atoms with van der Waals surface area (Å²) < 4.78 is 13.8. The SMILES string of the molecule is CN(CC1CCCC1O)C(=O)c1cnc(-c2ccccc2F)s1. The molecule has 2 aromatic rings. The van der Waals surface area contributed by atoms with Crippen LogP contribution in [0.1, 0.15) is 28.9 Å². The van der Waals surface area contributed by atoms with Gasteiger partial charge >= 0.3 is 0 Å². The number of aliphatic hydroxyl groups excluding tert-OH is 1. The third-order valence-electron chi connectivity index (χ3n) is 4.29. The van der Waals surface area contributed by atoms with Crippen LogP contribution in [0.4, 0.5) is 4.39 Å². The summed E-state index contributed by atoms with van der Waals surface area (Å²) in [7, 11) is 1.73. The number of carbonyl (C=O) groups excluding carboxylic acids is 1. The normalized spacial score (nSPS) is 20.7. The Balaban J connectivity index is 1.72. The van der Waals surface area contributed by atoms with Gasteiger partial charge in [-0.05, 0) is 25.0 Å². The highest BCUT2D eigenvalue weighted by molar-refractivity contribution is 7.16. The van der Waals surface area contributed by atoms with Crippen molar-refractivity contribution < 1.29 is 14.3 Å². The van der Waals surface area contributed by atoms with Gasteiger partial charge in [0, 0.05) is 25.1 Å². The Labute approximate surface area is 138 Å². The van der Waals surface area contributed by atoms with Crippen molar-refractivity contribution in [2.24, 2.45) is 5.92 Å². The van der Waals surface area contributed by atoms with Crippen LogP contribution in [-0.4, -0.2) is 40.6 Å². The van der Waals surface area contributed by atoms with Crippen LogP contribution < -0.4 is 0 Å². The molecule has 4 nitrogen and oxygen atoms in total. The lowest BCUT2D eigenvalue weighted by molar-refractivity contribution is 0.0697. The zero-order valence-corrected chi connectivity index (χ0v) is 13.7. The Morgan fingerprint density at radius 1 is 1.43 bits per heavy atom. The number of aliphatic hydroxyl groups is 1. The van der Waals surface area contributed by atoms with Gasteiger partial charge in [0.15, 0.2) is 0 Å². The van der Waals surface area contributed by atoms with Crippen molar-refractivity contribution >= 4 is 17.2 Å². The minimum atomic E-state index is -0.344. The highest BCUT2D eigenvalue weighted by atomic mass is 32.1. The predicted octanol–water partition coefficient (Wildman–Crippen LogP) is 3.18. The summed E-state index contributed by atoms with van der Waals surface area (Å²) in [6.07, 6.45) is 3.94. The Bertz CT molecular complexity index is 703. The maximum atomic E-state index is 13.8. The Morgan fingerprint density at radius 2 is 2.22 bits per heavy atom. The molecule has 122 valence electrons.